The molecule has 0 bridgehead atoms. The average Bonchev–Trinajstić information content (AvgIpc) is 2.40. The van der Waals surface area contributed by atoms with Gasteiger partial charge < -0.3 is 10.6 Å². The molecular formula is C15H22FN3. The fourth-order valence-corrected chi connectivity index (χ4v) is 2.01. The maximum Gasteiger partial charge on any atom is 0.146 e. The van der Waals surface area contributed by atoms with Crippen LogP contribution in [0.1, 0.15) is 33.1 Å². The van der Waals surface area contributed by atoms with Crippen molar-refractivity contribution in [2.24, 2.45) is 5.73 Å². The minimum Gasteiger partial charge on any atom is -0.369 e. The topological polar surface area (TPSA) is 53.0 Å². The minimum absolute atomic E-state index is 0.190. The molecule has 4 heteroatoms. The van der Waals surface area contributed by atoms with E-state index < -0.39 is 5.54 Å². The molecule has 0 saturated heterocycles. The molecule has 0 aromatic heterocycles. The minimum atomic E-state index is -0.755. The lowest BCUT2D eigenvalue weighted by Gasteiger charge is -2.24. The second-order valence-electron chi connectivity index (χ2n) is 5.02. The Hall–Kier alpha value is -1.60. The zero-order valence-corrected chi connectivity index (χ0v) is 11.7. The van der Waals surface area contributed by atoms with Crippen molar-refractivity contribution >= 4 is 5.69 Å². The molecule has 0 aliphatic heterocycles. The largest absolute Gasteiger partial charge is 0.369 e. The first-order valence-electron chi connectivity index (χ1n) is 6.70. The van der Waals surface area contributed by atoms with Crippen LogP contribution in [0.2, 0.25) is 0 Å². The van der Waals surface area contributed by atoms with E-state index >= 15 is 0 Å². The van der Waals surface area contributed by atoms with Gasteiger partial charge in [-0.25, -0.2) is 4.39 Å². The highest BCUT2D eigenvalue weighted by Crippen LogP contribution is 2.19. The van der Waals surface area contributed by atoms with E-state index in [4.69, 9.17) is 11.0 Å². The standard InChI is InChI=1S/C15H22FN3/c1-3-19(14-9-5-4-8-13(14)16)11-7-6-10-15(2,18)12-17/h4-5,8-9H,3,6-7,10-11,18H2,1-2H3. The smallest absolute Gasteiger partial charge is 0.146 e. The molecule has 0 spiro atoms. The van der Waals surface area contributed by atoms with Crippen LogP contribution in [0.5, 0.6) is 0 Å². The molecule has 1 aromatic rings. The van der Waals surface area contributed by atoms with Crippen molar-refractivity contribution in [1.29, 1.82) is 5.26 Å². The van der Waals surface area contributed by atoms with Gasteiger partial charge in [0.1, 0.15) is 11.4 Å². The van der Waals surface area contributed by atoms with Crippen molar-refractivity contribution in [3.05, 3.63) is 30.1 Å². The first-order valence-corrected chi connectivity index (χ1v) is 6.70. The summed E-state index contributed by atoms with van der Waals surface area (Å²) in [6.07, 6.45) is 2.43. The zero-order chi connectivity index (χ0) is 14.3. The van der Waals surface area contributed by atoms with Crippen LogP contribution < -0.4 is 10.6 Å². The van der Waals surface area contributed by atoms with Crippen molar-refractivity contribution < 1.29 is 4.39 Å². The van der Waals surface area contributed by atoms with Crippen LogP contribution in [0.3, 0.4) is 0 Å². The predicted octanol–water partition coefficient (Wildman–Crippen LogP) is 3.06. The van der Waals surface area contributed by atoms with Gasteiger partial charge in [0.15, 0.2) is 0 Å². The Bertz CT molecular complexity index is 437. The van der Waals surface area contributed by atoms with Crippen molar-refractivity contribution in [1.82, 2.24) is 0 Å². The number of hydrogen-bond acceptors (Lipinski definition) is 3. The molecular weight excluding hydrogens is 241 g/mol. The second-order valence-corrected chi connectivity index (χ2v) is 5.02. The molecule has 1 rings (SSSR count). The quantitative estimate of drug-likeness (QED) is 0.769. The van der Waals surface area contributed by atoms with Gasteiger partial charge in [-0.15, -0.1) is 0 Å². The average molecular weight is 263 g/mol. The van der Waals surface area contributed by atoms with E-state index in [-0.39, 0.29) is 5.82 Å². The van der Waals surface area contributed by atoms with Crippen LogP contribution in [0.4, 0.5) is 10.1 Å². The Balaban J connectivity index is 2.47. The van der Waals surface area contributed by atoms with Crippen LogP contribution in [-0.4, -0.2) is 18.6 Å². The van der Waals surface area contributed by atoms with E-state index in [0.717, 1.165) is 25.9 Å². The van der Waals surface area contributed by atoms with Gasteiger partial charge in [0.2, 0.25) is 0 Å². The van der Waals surface area contributed by atoms with E-state index in [1.165, 1.54) is 6.07 Å². The number of rotatable bonds is 7. The molecule has 2 N–H and O–H groups in total. The third-order valence-electron chi connectivity index (χ3n) is 3.20. The molecule has 1 atom stereocenters. The highest BCUT2D eigenvalue weighted by atomic mass is 19.1. The van der Waals surface area contributed by atoms with E-state index in [9.17, 15) is 4.39 Å². The number of hydrogen-bond donors (Lipinski definition) is 1. The lowest BCUT2D eigenvalue weighted by atomic mass is 9.98. The highest BCUT2D eigenvalue weighted by Gasteiger charge is 2.16. The molecule has 19 heavy (non-hydrogen) atoms. The number of para-hydroxylation sites is 1. The molecule has 0 amide bonds. The van der Waals surface area contributed by atoms with Crippen molar-refractivity contribution in [3.8, 4) is 6.07 Å². The Labute approximate surface area is 114 Å². The Morgan fingerprint density at radius 1 is 1.37 bits per heavy atom. The van der Waals surface area contributed by atoms with Gasteiger partial charge in [-0.1, -0.05) is 12.1 Å². The number of unbranched alkanes of at least 4 members (excludes halogenated alkanes) is 1. The van der Waals surface area contributed by atoms with Crippen LogP contribution in [0, 0.1) is 17.1 Å². The van der Waals surface area contributed by atoms with Gasteiger partial charge in [0, 0.05) is 13.1 Å². The SMILES string of the molecule is CCN(CCCCC(C)(N)C#N)c1ccccc1F. The molecule has 0 aliphatic rings. The van der Waals surface area contributed by atoms with Crippen molar-refractivity contribution in [2.45, 2.75) is 38.6 Å². The number of nitriles is 1. The van der Waals surface area contributed by atoms with Gasteiger partial charge in [-0.2, -0.15) is 5.26 Å². The van der Waals surface area contributed by atoms with Crippen LogP contribution in [-0.2, 0) is 0 Å². The van der Waals surface area contributed by atoms with Crippen molar-refractivity contribution in [3.63, 3.8) is 0 Å². The zero-order valence-electron chi connectivity index (χ0n) is 11.7. The Morgan fingerprint density at radius 3 is 2.63 bits per heavy atom. The highest BCUT2D eigenvalue weighted by molar-refractivity contribution is 5.47. The van der Waals surface area contributed by atoms with Gasteiger partial charge in [-0.05, 0) is 45.2 Å². The fraction of sp³-hybridized carbons (Fsp3) is 0.533. The van der Waals surface area contributed by atoms with Gasteiger partial charge in [0.25, 0.3) is 0 Å². The summed E-state index contributed by atoms with van der Waals surface area (Å²) in [5, 5.41) is 8.83. The van der Waals surface area contributed by atoms with Crippen molar-refractivity contribution in [2.75, 3.05) is 18.0 Å². The summed E-state index contributed by atoms with van der Waals surface area (Å²) in [7, 11) is 0. The maximum absolute atomic E-state index is 13.7. The second kappa shape index (κ2) is 7.10. The molecule has 104 valence electrons. The summed E-state index contributed by atoms with van der Waals surface area (Å²) in [4.78, 5) is 2.01. The summed E-state index contributed by atoms with van der Waals surface area (Å²) < 4.78 is 13.7. The number of nitrogens with two attached hydrogens (primary N) is 1. The first-order chi connectivity index (χ1) is 9.00. The van der Waals surface area contributed by atoms with E-state index in [1.54, 1.807) is 19.1 Å². The summed E-state index contributed by atoms with van der Waals surface area (Å²) in [6.45, 7) is 5.29. The molecule has 0 aliphatic carbocycles. The Morgan fingerprint density at radius 2 is 2.05 bits per heavy atom. The van der Waals surface area contributed by atoms with Crippen LogP contribution >= 0.6 is 0 Å². The molecule has 0 heterocycles. The summed E-state index contributed by atoms with van der Waals surface area (Å²) >= 11 is 0. The van der Waals surface area contributed by atoms with Gasteiger partial charge in [0.05, 0.1) is 11.8 Å². The number of halogens is 1. The van der Waals surface area contributed by atoms with Gasteiger partial charge >= 0.3 is 0 Å². The maximum atomic E-state index is 13.7. The van der Waals surface area contributed by atoms with E-state index in [0.29, 0.717) is 12.1 Å². The molecule has 1 unspecified atom stereocenters. The van der Waals surface area contributed by atoms with E-state index in [2.05, 4.69) is 6.07 Å². The molecule has 1 aromatic carbocycles. The van der Waals surface area contributed by atoms with Crippen LogP contribution in [0.15, 0.2) is 24.3 Å². The van der Waals surface area contributed by atoms with Gasteiger partial charge in [-0.3, -0.25) is 0 Å². The molecule has 0 radical (unpaired) electrons. The Kier molecular flexibility index (Phi) is 5.78. The first kappa shape index (κ1) is 15.5. The van der Waals surface area contributed by atoms with E-state index in [1.807, 2.05) is 17.9 Å². The summed E-state index contributed by atoms with van der Waals surface area (Å²) in [5.41, 5.74) is 5.65. The third kappa shape index (κ3) is 4.88. The normalized spacial score (nSPS) is 13.6. The monoisotopic (exact) mass is 263 g/mol. The summed E-state index contributed by atoms with van der Waals surface area (Å²) in [6, 6.07) is 8.89. The predicted molar refractivity (Wildman–Crippen MR) is 76.3 cm³/mol. The molecule has 0 fully saturated rings. The number of anilines is 1. The number of benzene rings is 1. The molecule has 3 nitrogen and oxygen atoms in total. The van der Waals surface area contributed by atoms with Crippen LogP contribution in [0.25, 0.3) is 0 Å². The fourth-order valence-electron chi connectivity index (χ4n) is 2.01. The molecule has 0 saturated carbocycles. The summed E-state index contributed by atoms with van der Waals surface area (Å²) in [5.74, 6) is -0.190. The lowest BCUT2D eigenvalue weighted by molar-refractivity contribution is 0.506. The number of nitrogens with zero attached hydrogens (tertiary/aromatic N) is 2. The third-order valence-corrected chi connectivity index (χ3v) is 3.20. The lowest BCUT2D eigenvalue weighted by Crippen LogP contribution is -2.34.